The Labute approximate surface area is 74.1 Å². The summed E-state index contributed by atoms with van der Waals surface area (Å²) in [7, 11) is -10.1. The highest BCUT2D eigenvalue weighted by Crippen LogP contribution is 2.53. The van der Waals surface area contributed by atoms with Crippen LogP contribution in [0.4, 0.5) is 0 Å². The van der Waals surface area contributed by atoms with Crippen molar-refractivity contribution in [1.82, 2.24) is 0 Å². The van der Waals surface area contributed by atoms with Crippen molar-refractivity contribution in [2.24, 2.45) is 0 Å². The maximum absolute atomic E-state index is 9.63. The average Bonchev–Trinajstić information content (AvgIpc) is 1.14. The summed E-state index contributed by atoms with van der Waals surface area (Å²) in [4.78, 5) is 31.0. The second-order valence-corrected chi connectivity index (χ2v) is 3.68. The summed E-state index contributed by atoms with van der Waals surface area (Å²) in [5, 5.41) is 0. The largest absolute Gasteiger partial charge is 0.478 e. The summed E-state index contributed by atoms with van der Waals surface area (Å²) in [6.07, 6.45) is 0. The zero-order valence-corrected chi connectivity index (χ0v) is 8.15. The van der Waals surface area contributed by atoms with Crippen molar-refractivity contribution in [2.75, 3.05) is 0 Å². The average molecular weight is 251 g/mol. The molecule has 0 rings (SSSR count). The van der Waals surface area contributed by atoms with E-state index in [9.17, 15) is 9.13 Å². The molecule has 0 bridgehead atoms. The predicted molar refractivity (Wildman–Crippen MR) is 39.7 cm³/mol. The van der Waals surface area contributed by atoms with E-state index in [1.54, 1.807) is 0 Å². The summed E-state index contributed by atoms with van der Waals surface area (Å²) >= 11 is 0. The van der Waals surface area contributed by atoms with Gasteiger partial charge in [-0.25, -0.2) is 9.13 Å². The lowest BCUT2D eigenvalue weighted by atomic mass is 15.7. The summed E-state index contributed by atoms with van der Waals surface area (Å²) in [6, 6.07) is 0. The van der Waals surface area contributed by atoms with Crippen molar-refractivity contribution >= 4 is 40.5 Å². The Balaban J connectivity index is -0.000000320. The molecule has 0 aliphatic rings. The lowest BCUT2D eigenvalue weighted by Crippen LogP contribution is -1.84. The fraction of sp³-hybridized carbons (Fsp3) is 0. The Morgan fingerprint density at radius 1 is 0.818 bits per heavy atom. The molecule has 0 amide bonds. The summed E-state index contributed by atoms with van der Waals surface area (Å²) < 4.78 is 22.2. The van der Waals surface area contributed by atoms with E-state index in [0.717, 1.165) is 0 Å². The quantitative estimate of drug-likeness (QED) is 0.510. The Morgan fingerprint density at radius 3 is 1.00 bits per heavy atom. The van der Waals surface area contributed by atoms with Crippen LogP contribution >= 0.6 is 40.5 Å². The van der Waals surface area contributed by atoms with Crippen LogP contribution in [0, 0.1) is 0 Å². The third kappa shape index (κ3) is 18.1. The first-order chi connectivity index (χ1) is 3.71. The van der Waals surface area contributed by atoms with E-state index in [-0.39, 0.29) is 24.8 Å². The summed E-state index contributed by atoms with van der Waals surface area (Å²) in [5.74, 6) is 0. The smallest absolute Gasteiger partial charge is 0.302 e. The minimum Gasteiger partial charge on any atom is -0.302 e. The van der Waals surface area contributed by atoms with Gasteiger partial charge < -0.3 is 19.6 Å². The molecule has 72 valence electrons. The van der Waals surface area contributed by atoms with Crippen molar-refractivity contribution in [3.63, 3.8) is 0 Å². The van der Waals surface area contributed by atoms with Crippen LogP contribution in [0.25, 0.3) is 0 Å². The molecule has 0 saturated carbocycles. The van der Waals surface area contributed by atoms with Crippen molar-refractivity contribution in [2.45, 2.75) is 0 Å². The van der Waals surface area contributed by atoms with Gasteiger partial charge in [-0.1, -0.05) is 0 Å². The number of phosphoric acid groups is 2. The molecule has 0 saturated heterocycles. The van der Waals surface area contributed by atoms with Crippen molar-refractivity contribution in [3.05, 3.63) is 0 Å². The highest BCUT2D eigenvalue weighted by atomic mass is 35.5. The standard InChI is InChI=1S/2ClH.H4O7P2/c;;1-8(2,3)7-9(4,5)6/h2*1H;(H2,1,2,3)(H2,4,5,6). The van der Waals surface area contributed by atoms with Gasteiger partial charge >= 0.3 is 15.6 Å². The number of hydrogen-bond donors (Lipinski definition) is 4. The molecule has 11 heavy (non-hydrogen) atoms. The van der Waals surface area contributed by atoms with Gasteiger partial charge in [0.2, 0.25) is 0 Å². The molecule has 0 aromatic carbocycles. The molecule has 0 heterocycles. The van der Waals surface area contributed by atoms with E-state index in [1.807, 2.05) is 0 Å². The van der Waals surface area contributed by atoms with Crippen LogP contribution in [0.1, 0.15) is 0 Å². The fourth-order valence-corrected chi connectivity index (χ4v) is 1.25. The van der Waals surface area contributed by atoms with Gasteiger partial charge in [0.25, 0.3) is 0 Å². The van der Waals surface area contributed by atoms with Crippen molar-refractivity contribution in [1.29, 1.82) is 0 Å². The molecule has 11 heteroatoms. The molecule has 7 nitrogen and oxygen atoms in total. The van der Waals surface area contributed by atoms with Crippen LogP contribution in [-0.2, 0) is 13.4 Å². The Kier molecular flexibility index (Phi) is 8.87. The first-order valence-electron chi connectivity index (χ1n) is 1.53. The summed E-state index contributed by atoms with van der Waals surface area (Å²) in [5.41, 5.74) is 0. The molecule has 0 atom stereocenters. The molecule has 4 N–H and O–H groups in total. The van der Waals surface area contributed by atoms with E-state index in [2.05, 4.69) is 4.31 Å². The molecule has 0 aliphatic carbocycles. The second-order valence-electron chi connectivity index (χ2n) is 1.06. The minimum atomic E-state index is -5.05. The van der Waals surface area contributed by atoms with E-state index in [4.69, 9.17) is 19.6 Å². The van der Waals surface area contributed by atoms with Gasteiger partial charge in [0.1, 0.15) is 0 Å². The van der Waals surface area contributed by atoms with Gasteiger partial charge in [-0.3, -0.25) is 0 Å². The lowest BCUT2D eigenvalue weighted by Gasteiger charge is -2.03. The topological polar surface area (TPSA) is 124 Å². The first kappa shape index (κ1) is 17.8. The van der Waals surface area contributed by atoms with Crippen molar-refractivity contribution in [3.8, 4) is 0 Å². The Bertz CT molecular complexity index is 155. The highest BCUT2D eigenvalue weighted by Gasteiger charge is 2.27. The predicted octanol–water partition coefficient (Wildman–Crippen LogP) is 0.0320. The van der Waals surface area contributed by atoms with Gasteiger partial charge in [-0.05, 0) is 0 Å². The Morgan fingerprint density at radius 2 is 1.00 bits per heavy atom. The zero-order chi connectivity index (χ0) is 7.71. The van der Waals surface area contributed by atoms with Crippen LogP contribution in [0.2, 0.25) is 0 Å². The third-order valence-corrected chi connectivity index (χ3v) is 1.91. The SMILES string of the molecule is Cl.Cl.O=P(O)(O)OP(=O)(O)O. The fourth-order valence-electron chi connectivity index (χ4n) is 0.139. The monoisotopic (exact) mass is 250 g/mol. The van der Waals surface area contributed by atoms with Crippen LogP contribution in [0.5, 0.6) is 0 Å². The van der Waals surface area contributed by atoms with E-state index < -0.39 is 15.6 Å². The van der Waals surface area contributed by atoms with Gasteiger partial charge in [0.05, 0.1) is 0 Å². The van der Waals surface area contributed by atoms with Gasteiger partial charge in [0, 0.05) is 0 Å². The molecular formula is H6Cl2O7P2. The minimum absolute atomic E-state index is 0. The molecule has 0 aromatic rings. The van der Waals surface area contributed by atoms with Crippen LogP contribution in [-0.4, -0.2) is 19.6 Å². The van der Waals surface area contributed by atoms with Crippen LogP contribution in [0.3, 0.4) is 0 Å². The highest BCUT2D eigenvalue weighted by molar-refractivity contribution is 7.60. The van der Waals surface area contributed by atoms with Gasteiger partial charge in [-0.15, -0.1) is 24.8 Å². The molecule has 0 aromatic heterocycles. The van der Waals surface area contributed by atoms with Crippen LogP contribution < -0.4 is 0 Å². The number of halogens is 2. The van der Waals surface area contributed by atoms with Gasteiger partial charge in [-0.2, -0.15) is 4.31 Å². The molecule has 0 spiro atoms. The summed E-state index contributed by atoms with van der Waals surface area (Å²) in [6.45, 7) is 0. The van der Waals surface area contributed by atoms with Crippen LogP contribution in [0.15, 0.2) is 0 Å². The van der Waals surface area contributed by atoms with Crippen molar-refractivity contribution < 1.29 is 33.0 Å². The maximum Gasteiger partial charge on any atom is 0.478 e. The zero-order valence-electron chi connectivity index (χ0n) is 4.72. The normalized spacial score (nSPS) is 11.3. The molecule has 0 fully saturated rings. The third-order valence-electron chi connectivity index (χ3n) is 0.213. The molecule has 0 unspecified atom stereocenters. The van der Waals surface area contributed by atoms with E-state index in [0.29, 0.717) is 0 Å². The van der Waals surface area contributed by atoms with E-state index in [1.165, 1.54) is 0 Å². The van der Waals surface area contributed by atoms with Gasteiger partial charge in [0.15, 0.2) is 0 Å². The molecule has 0 radical (unpaired) electrons. The second kappa shape index (κ2) is 5.48. The Hall–Kier alpha value is 0.840. The number of hydrogen-bond acceptors (Lipinski definition) is 3. The molecular weight excluding hydrogens is 245 g/mol. The first-order valence-corrected chi connectivity index (χ1v) is 4.59. The van der Waals surface area contributed by atoms with E-state index >= 15 is 0 Å². The maximum atomic E-state index is 9.63. The number of rotatable bonds is 2. The lowest BCUT2D eigenvalue weighted by molar-refractivity contribution is 0.225. The molecule has 0 aliphatic heterocycles.